The van der Waals surface area contributed by atoms with Gasteiger partial charge in [0.1, 0.15) is 10.8 Å². The van der Waals surface area contributed by atoms with Crippen molar-refractivity contribution in [1.82, 2.24) is 0 Å². The summed E-state index contributed by atoms with van der Waals surface area (Å²) in [5.41, 5.74) is 6.75. The first kappa shape index (κ1) is 14.1. The highest BCUT2D eigenvalue weighted by molar-refractivity contribution is 7.80. The zero-order valence-electron chi connectivity index (χ0n) is 9.58. The molecule has 6 heteroatoms. The van der Waals surface area contributed by atoms with Gasteiger partial charge >= 0.3 is 0 Å². The fourth-order valence-corrected chi connectivity index (χ4v) is 2.09. The van der Waals surface area contributed by atoms with E-state index < -0.39 is 5.82 Å². The second kappa shape index (κ2) is 5.74. The third kappa shape index (κ3) is 3.35. The Balaban J connectivity index is 2.31. The minimum absolute atomic E-state index is 0.148. The van der Waals surface area contributed by atoms with Gasteiger partial charge in [0.2, 0.25) is 0 Å². The van der Waals surface area contributed by atoms with Crippen molar-refractivity contribution in [1.29, 1.82) is 0 Å². The van der Waals surface area contributed by atoms with Gasteiger partial charge in [-0.1, -0.05) is 35.4 Å². The molecule has 2 aromatic carbocycles. The van der Waals surface area contributed by atoms with Crippen molar-refractivity contribution in [2.75, 3.05) is 5.32 Å². The van der Waals surface area contributed by atoms with Gasteiger partial charge in [0.05, 0.1) is 16.4 Å². The van der Waals surface area contributed by atoms with Crippen LogP contribution in [0.4, 0.5) is 15.8 Å². The van der Waals surface area contributed by atoms with E-state index in [2.05, 4.69) is 5.32 Å². The molecule has 0 unspecified atom stereocenters. The maximum Gasteiger partial charge on any atom is 0.147 e. The Kier molecular flexibility index (Phi) is 4.24. The summed E-state index contributed by atoms with van der Waals surface area (Å²) >= 11 is 16.6. The molecule has 0 aliphatic carbocycles. The monoisotopic (exact) mass is 314 g/mol. The lowest BCUT2D eigenvalue weighted by Crippen LogP contribution is -2.09. The summed E-state index contributed by atoms with van der Waals surface area (Å²) in [6.45, 7) is 0. The van der Waals surface area contributed by atoms with Crippen LogP contribution in [-0.2, 0) is 0 Å². The summed E-state index contributed by atoms with van der Waals surface area (Å²) in [5.74, 6) is -0.462. The highest BCUT2D eigenvalue weighted by atomic mass is 35.5. The number of rotatable bonds is 3. The molecule has 0 aromatic heterocycles. The molecule has 0 saturated heterocycles. The fraction of sp³-hybridized carbons (Fsp3) is 0. The van der Waals surface area contributed by atoms with Crippen molar-refractivity contribution in [3.63, 3.8) is 0 Å². The van der Waals surface area contributed by atoms with Gasteiger partial charge in [0.15, 0.2) is 0 Å². The Bertz CT molecular complexity index is 647. The number of nitrogens with two attached hydrogens (primary N) is 1. The largest absolute Gasteiger partial charge is 0.389 e. The van der Waals surface area contributed by atoms with Crippen LogP contribution in [0, 0.1) is 5.82 Å². The van der Waals surface area contributed by atoms with E-state index >= 15 is 0 Å². The molecule has 0 radical (unpaired) electrons. The molecule has 0 fully saturated rings. The first-order valence-electron chi connectivity index (χ1n) is 5.29. The number of nitrogens with one attached hydrogen (secondary N) is 1. The van der Waals surface area contributed by atoms with Gasteiger partial charge in [-0.2, -0.15) is 0 Å². The van der Waals surface area contributed by atoms with Crippen LogP contribution in [0.3, 0.4) is 0 Å². The predicted molar refractivity (Wildman–Crippen MR) is 82.0 cm³/mol. The second-order valence-electron chi connectivity index (χ2n) is 3.81. The van der Waals surface area contributed by atoms with Crippen molar-refractivity contribution in [3.8, 4) is 0 Å². The molecule has 98 valence electrons. The lowest BCUT2D eigenvalue weighted by molar-refractivity contribution is 0.631. The van der Waals surface area contributed by atoms with Gasteiger partial charge in [-0.15, -0.1) is 0 Å². The molecule has 2 nitrogen and oxygen atoms in total. The van der Waals surface area contributed by atoms with Crippen molar-refractivity contribution >= 4 is 51.8 Å². The Morgan fingerprint density at radius 1 is 1.11 bits per heavy atom. The molecule has 19 heavy (non-hydrogen) atoms. The van der Waals surface area contributed by atoms with Gasteiger partial charge in [-0.3, -0.25) is 0 Å². The summed E-state index contributed by atoms with van der Waals surface area (Å²) in [7, 11) is 0. The first-order valence-corrected chi connectivity index (χ1v) is 6.45. The molecule has 3 N–H and O–H groups in total. The highest BCUT2D eigenvalue weighted by Crippen LogP contribution is 2.29. The molecule has 0 spiro atoms. The zero-order chi connectivity index (χ0) is 14.0. The number of thiocarbonyl (C=S) groups is 1. The van der Waals surface area contributed by atoms with Crippen LogP contribution < -0.4 is 11.1 Å². The molecular weight excluding hydrogens is 306 g/mol. The standard InChI is InChI=1S/C13H9Cl2FN2S/c14-8-2-4-11(9(15)6-8)18-12-3-1-7(13(17)19)5-10(12)16/h1-6,18H,(H2,17,19). The molecule has 2 aromatic rings. The van der Waals surface area contributed by atoms with Gasteiger partial charge < -0.3 is 11.1 Å². The minimum atomic E-state index is -0.462. The lowest BCUT2D eigenvalue weighted by Gasteiger charge is -2.10. The normalized spacial score (nSPS) is 10.3. The molecular formula is C13H9Cl2FN2S. The van der Waals surface area contributed by atoms with Crippen LogP contribution in [0.2, 0.25) is 10.0 Å². The maximum atomic E-state index is 13.9. The van der Waals surface area contributed by atoms with Gasteiger partial charge in [-0.05, 0) is 36.4 Å². The fourth-order valence-electron chi connectivity index (χ4n) is 1.51. The van der Waals surface area contributed by atoms with Gasteiger partial charge in [0, 0.05) is 10.6 Å². The van der Waals surface area contributed by atoms with Crippen LogP contribution in [-0.4, -0.2) is 4.99 Å². The van der Waals surface area contributed by atoms with Crippen molar-refractivity contribution in [2.45, 2.75) is 0 Å². The van der Waals surface area contributed by atoms with Crippen LogP contribution in [0.1, 0.15) is 5.56 Å². The molecule has 0 amide bonds. The molecule has 2 rings (SSSR count). The van der Waals surface area contributed by atoms with E-state index in [4.69, 9.17) is 41.2 Å². The summed E-state index contributed by atoms with van der Waals surface area (Å²) in [6, 6.07) is 9.37. The van der Waals surface area contributed by atoms with Gasteiger partial charge in [0.25, 0.3) is 0 Å². The Morgan fingerprint density at radius 2 is 1.79 bits per heavy atom. The van der Waals surface area contributed by atoms with E-state index in [0.717, 1.165) is 0 Å². The van der Waals surface area contributed by atoms with E-state index in [-0.39, 0.29) is 10.7 Å². The minimum Gasteiger partial charge on any atom is -0.389 e. The van der Waals surface area contributed by atoms with E-state index in [9.17, 15) is 4.39 Å². The summed E-state index contributed by atoms with van der Waals surface area (Å²) in [5, 5.41) is 3.81. The van der Waals surface area contributed by atoms with E-state index in [1.54, 1.807) is 30.3 Å². The van der Waals surface area contributed by atoms with E-state index in [1.165, 1.54) is 6.07 Å². The van der Waals surface area contributed by atoms with Crippen molar-refractivity contribution in [3.05, 3.63) is 57.8 Å². The quantitative estimate of drug-likeness (QED) is 0.819. The molecule has 0 aliphatic heterocycles. The lowest BCUT2D eigenvalue weighted by atomic mass is 10.2. The summed E-state index contributed by atoms with van der Waals surface area (Å²) in [6.07, 6.45) is 0. The topological polar surface area (TPSA) is 38.0 Å². The number of halogens is 3. The van der Waals surface area contributed by atoms with E-state index in [0.29, 0.717) is 21.3 Å². The number of anilines is 2. The van der Waals surface area contributed by atoms with Crippen molar-refractivity contribution in [2.24, 2.45) is 5.73 Å². The SMILES string of the molecule is NC(=S)c1ccc(Nc2ccc(Cl)cc2Cl)c(F)c1. The molecule has 0 heterocycles. The highest BCUT2D eigenvalue weighted by Gasteiger charge is 2.07. The summed E-state index contributed by atoms with van der Waals surface area (Å²) in [4.78, 5) is 0.148. The third-order valence-electron chi connectivity index (χ3n) is 2.45. The third-order valence-corrected chi connectivity index (χ3v) is 3.24. The first-order chi connectivity index (χ1) is 8.97. The molecule has 0 saturated carbocycles. The Morgan fingerprint density at radius 3 is 2.37 bits per heavy atom. The Labute approximate surface area is 125 Å². The number of benzene rings is 2. The molecule has 0 bridgehead atoms. The van der Waals surface area contributed by atoms with Gasteiger partial charge in [-0.25, -0.2) is 4.39 Å². The number of hydrogen-bond donors (Lipinski definition) is 2. The second-order valence-corrected chi connectivity index (χ2v) is 5.09. The number of hydrogen-bond acceptors (Lipinski definition) is 2. The van der Waals surface area contributed by atoms with Crippen molar-refractivity contribution < 1.29 is 4.39 Å². The molecule has 0 atom stereocenters. The Hall–Kier alpha value is -1.36. The van der Waals surface area contributed by atoms with Crippen LogP contribution in [0.15, 0.2) is 36.4 Å². The zero-order valence-corrected chi connectivity index (χ0v) is 11.9. The smallest absolute Gasteiger partial charge is 0.147 e. The van der Waals surface area contributed by atoms with Crippen LogP contribution in [0.25, 0.3) is 0 Å². The maximum absolute atomic E-state index is 13.9. The van der Waals surface area contributed by atoms with Crippen LogP contribution >= 0.6 is 35.4 Å². The average Bonchev–Trinajstić information content (AvgIpc) is 2.34. The summed E-state index contributed by atoms with van der Waals surface area (Å²) < 4.78 is 13.9. The van der Waals surface area contributed by atoms with E-state index in [1.807, 2.05) is 0 Å². The predicted octanol–water partition coefficient (Wildman–Crippen LogP) is 4.51. The molecule has 0 aliphatic rings. The average molecular weight is 315 g/mol. The van der Waals surface area contributed by atoms with Crippen LogP contribution in [0.5, 0.6) is 0 Å².